The molecule has 0 saturated heterocycles. The van der Waals surface area contributed by atoms with Crippen molar-refractivity contribution in [1.82, 2.24) is 5.32 Å². The summed E-state index contributed by atoms with van der Waals surface area (Å²) < 4.78 is 0. The first-order valence-electron chi connectivity index (χ1n) is 6.60. The predicted molar refractivity (Wildman–Crippen MR) is 79.2 cm³/mol. The largest absolute Gasteiger partial charge is 0.480 e. The molecule has 1 aromatic rings. The molecule has 1 rings (SSSR count). The lowest BCUT2D eigenvalue weighted by Crippen LogP contribution is -2.42. The first kappa shape index (κ1) is 16.5. The highest BCUT2D eigenvalue weighted by Crippen LogP contribution is 2.15. The highest BCUT2D eigenvalue weighted by Gasteiger charge is 2.18. The minimum atomic E-state index is -1.07. The summed E-state index contributed by atoms with van der Waals surface area (Å²) in [5, 5.41) is 16.5. The molecule has 21 heavy (non-hydrogen) atoms. The fourth-order valence-corrected chi connectivity index (χ4v) is 1.75. The quantitative estimate of drug-likeness (QED) is 0.643. The molecule has 0 bridgehead atoms. The van der Waals surface area contributed by atoms with Crippen LogP contribution in [0.4, 0.5) is 16.2 Å². The standard InChI is InChI=1S/C14H19N3O4/c1-3-5-12(13(19)20)17-14(21)16-11-7-4-6-10(8-11)15-9(2)18/h4,6-8,12H,3,5H2,1-2H3,(H,15,18)(H,19,20)(H2,16,17,21)/t12-/m0/s1. The number of benzene rings is 1. The Morgan fingerprint density at radius 1 is 1.19 bits per heavy atom. The van der Waals surface area contributed by atoms with Crippen LogP contribution in [0.2, 0.25) is 0 Å². The van der Waals surface area contributed by atoms with Gasteiger partial charge in [-0.3, -0.25) is 4.79 Å². The zero-order valence-corrected chi connectivity index (χ0v) is 12.0. The maximum atomic E-state index is 11.8. The third-order valence-electron chi connectivity index (χ3n) is 2.62. The van der Waals surface area contributed by atoms with Gasteiger partial charge in [0.25, 0.3) is 0 Å². The van der Waals surface area contributed by atoms with Gasteiger partial charge in [0, 0.05) is 18.3 Å². The lowest BCUT2D eigenvalue weighted by molar-refractivity contribution is -0.139. The number of anilines is 2. The predicted octanol–water partition coefficient (Wildman–Crippen LogP) is 2.02. The monoisotopic (exact) mass is 293 g/mol. The number of carbonyl (C=O) groups is 3. The molecule has 1 aromatic carbocycles. The van der Waals surface area contributed by atoms with Crippen LogP contribution in [0.1, 0.15) is 26.7 Å². The van der Waals surface area contributed by atoms with E-state index in [1.807, 2.05) is 6.92 Å². The van der Waals surface area contributed by atoms with Gasteiger partial charge < -0.3 is 21.1 Å². The molecule has 0 saturated carbocycles. The number of urea groups is 1. The molecule has 7 heteroatoms. The molecule has 0 aliphatic carbocycles. The van der Waals surface area contributed by atoms with Gasteiger partial charge in [-0.15, -0.1) is 0 Å². The molecule has 114 valence electrons. The summed E-state index contributed by atoms with van der Waals surface area (Å²) in [6, 6.07) is 5.05. The summed E-state index contributed by atoms with van der Waals surface area (Å²) in [4.78, 5) is 33.7. The fraction of sp³-hybridized carbons (Fsp3) is 0.357. The van der Waals surface area contributed by atoms with E-state index < -0.39 is 18.0 Å². The number of aliphatic carboxylic acids is 1. The number of nitrogens with one attached hydrogen (secondary N) is 3. The van der Waals surface area contributed by atoms with Crippen molar-refractivity contribution >= 4 is 29.3 Å². The van der Waals surface area contributed by atoms with Gasteiger partial charge in [-0.05, 0) is 24.6 Å². The summed E-state index contributed by atoms with van der Waals surface area (Å²) in [7, 11) is 0. The number of hydrogen-bond acceptors (Lipinski definition) is 3. The highest BCUT2D eigenvalue weighted by molar-refractivity contribution is 5.94. The van der Waals surface area contributed by atoms with E-state index in [-0.39, 0.29) is 5.91 Å². The Hall–Kier alpha value is -2.57. The third kappa shape index (κ3) is 5.94. The number of carbonyl (C=O) groups excluding carboxylic acids is 2. The van der Waals surface area contributed by atoms with Gasteiger partial charge in [-0.1, -0.05) is 19.4 Å². The first-order valence-corrected chi connectivity index (χ1v) is 6.60. The average Bonchev–Trinajstić information content (AvgIpc) is 2.37. The van der Waals surface area contributed by atoms with Crippen LogP contribution in [0.15, 0.2) is 24.3 Å². The second kappa shape index (κ2) is 7.88. The fourth-order valence-electron chi connectivity index (χ4n) is 1.75. The summed E-state index contributed by atoms with van der Waals surface area (Å²) in [5.41, 5.74) is 1.00. The summed E-state index contributed by atoms with van der Waals surface area (Å²) >= 11 is 0. The number of carboxylic acids is 1. The van der Waals surface area contributed by atoms with E-state index in [0.717, 1.165) is 0 Å². The van der Waals surface area contributed by atoms with Gasteiger partial charge in [0.05, 0.1) is 0 Å². The van der Waals surface area contributed by atoms with E-state index in [2.05, 4.69) is 16.0 Å². The first-order chi connectivity index (χ1) is 9.92. The smallest absolute Gasteiger partial charge is 0.326 e. The van der Waals surface area contributed by atoms with Crippen molar-refractivity contribution in [1.29, 1.82) is 0 Å². The van der Waals surface area contributed by atoms with Crippen LogP contribution in [0, 0.1) is 0 Å². The summed E-state index contributed by atoms with van der Waals surface area (Å²) in [6.07, 6.45) is 1.00. The normalized spacial score (nSPS) is 11.3. The van der Waals surface area contributed by atoms with Gasteiger partial charge in [0.2, 0.25) is 5.91 Å². The Morgan fingerprint density at radius 3 is 2.33 bits per heavy atom. The van der Waals surface area contributed by atoms with E-state index in [1.165, 1.54) is 6.92 Å². The zero-order valence-electron chi connectivity index (χ0n) is 12.0. The second-order valence-electron chi connectivity index (χ2n) is 4.54. The molecule has 0 fully saturated rings. The van der Waals surface area contributed by atoms with Crippen LogP contribution >= 0.6 is 0 Å². The second-order valence-corrected chi connectivity index (χ2v) is 4.54. The van der Waals surface area contributed by atoms with Gasteiger partial charge in [-0.25, -0.2) is 9.59 Å². The van der Waals surface area contributed by atoms with Crippen LogP contribution in [0.3, 0.4) is 0 Å². The molecule has 0 heterocycles. The van der Waals surface area contributed by atoms with Crippen molar-refractivity contribution in [3.05, 3.63) is 24.3 Å². The number of rotatable bonds is 6. The van der Waals surface area contributed by atoms with E-state index in [4.69, 9.17) is 5.11 Å². The SMILES string of the molecule is CCC[C@H](NC(=O)Nc1cccc(NC(C)=O)c1)C(=O)O. The maximum absolute atomic E-state index is 11.8. The number of hydrogen-bond donors (Lipinski definition) is 4. The van der Waals surface area contributed by atoms with Gasteiger partial charge in [0.15, 0.2) is 0 Å². The van der Waals surface area contributed by atoms with Crippen LogP contribution in [0.5, 0.6) is 0 Å². The molecule has 3 amide bonds. The van der Waals surface area contributed by atoms with E-state index in [0.29, 0.717) is 24.2 Å². The van der Waals surface area contributed by atoms with Crippen LogP contribution in [-0.4, -0.2) is 29.1 Å². The van der Waals surface area contributed by atoms with Crippen molar-refractivity contribution in [2.24, 2.45) is 0 Å². The molecular formula is C14H19N3O4. The maximum Gasteiger partial charge on any atom is 0.326 e. The Morgan fingerprint density at radius 2 is 1.81 bits per heavy atom. The molecule has 4 N–H and O–H groups in total. The van der Waals surface area contributed by atoms with Crippen molar-refractivity contribution in [3.63, 3.8) is 0 Å². The van der Waals surface area contributed by atoms with E-state index >= 15 is 0 Å². The average molecular weight is 293 g/mol. The van der Waals surface area contributed by atoms with Crippen molar-refractivity contribution < 1.29 is 19.5 Å². The summed E-state index contributed by atoms with van der Waals surface area (Å²) in [6.45, 7) is 3.22. The minimum absolute atomic E-state index is 0.217. The minimum Gasteiger partial charge on any atom is -0.480 e. The lowest BCUT2D eigenvalue weighted by atomic mass is 10.2. The highest BCUT2D eigenvalue weighted by atomic mass is 16.4. The van der Waals surface area contributed by atoms with Crippen LogP contribution in [0.25, 0.3) is 0 Å². The van der Waals surface area contributed by atoms with Crippen LogP contribution in [-0.2, 0) is 9.59 Å². The molecule has 1 atom stereocenters. The molecule has 0 unspecified atom stereocenters. The Bertz CT molecular complexity index is 531. The van der Waals surface area contributed by atoms with Crippen LogP contribution < -0.4 is 16.0 Å². The molecule has 0 radical (unpaired) electrons. The third-order valence-corrected chi connectivity index (χ3v) is 2.62. The lowest BCUT2D eigenvalue weighted by Gasteiger charge is -2.14. The molecular weight excluding hydrogens is 274 g/mol. The number of amides is 3. The molecule has 0 aliphatic rings. The molecule has 0 aliphatic heterocycles. The Labute approximate surface area is 122 Å². The molecule has 0 aromatic heterocycles. The summed E-state index contributed by atoms with van der Waals surface area (Å²) in [5.74, 6) is -1.29. The van der Waals surface area contributed by atoms with E-state index in [1.54, 1.807) is 24.3 Å². The zero-order chi connectivity index (χ0) is 15.8. The van der Waals surface area contributed by atoms with Crippen molar-refractivity contribution in [3.8, 4) is 0 Å². The van der Waals surface area contributed by atoms with E-state index in [9.17, 15) is 14.4 Å². The van der Waals surface area contributed by atoms with Crippen molar-refractivity contribution in [2.75, 3.05) is 10.6 Å². The van der Waals surface area contributed by atoms with Gasteiger partial charge in [-0.2, -0.15) is 0 Å². The Balaban J connectivity index is 2.65. The van der Waals surface area contributed by atoms with Gasteiger partial charge >= 0.3 is 12.0 Å². The van der Waals surface area contributed by atoms with Crippen molar-refractivity contribution in [2.45, 2.75) is 32.7 Å². The topological polar surface area (TPSA) is 108 Å². The molecule has 7 nitrogen and oxygen atoms in total. The Kier molecular flexibility index (Phi) is 6.19. The van der Waals surface area contributed by atoms with Gasteiger partial charge in [0.1, 0.15) is 6.04 Å². The molecule has 0 spiro atoms. The number of carboxylic acid groups (broad SMARTS) is 1.